The van der Waals surface area contributed by atoms with Crippen LogP contribution < -0.4 is 5.73 Å². The van der Waals surface area contributed by atoms with Gasteiger partial charge in [-0.3, -0.25) is 4.90 Å². The Morgan fingerprint density at radius 2 is 2.17 bits per heavy atom. The lowest BCUT2D eigenvalue weighted by molar-refractivity contribution is 0.271. The average molecular weight is 173 g/mol. The van der Waals surface area contributed by atoms with Crippen LogP contribution in [0.2, 0.25) is 0 Å². The van der Waals surface area contributed by atoms with Gasteiger partial charge in [0.25, 0.3) is 0 Å². The highest BCUT2D eigenvalue weighted by Gasteiger charge is 2.15. The van der Waals surface area contributed by atoms with E-state index in [0.717, 1.165) is 19.4 Å². The summed E-state index contributed by atoms with van der Waals surface area (Å²) in [6, 6.07) is 0.0648. The number of nitrogens with zero attached hydrogens (tertiary/aromatic N) is 2. The summed E-state index contributed by atoms with van der Waals surface area (Å²) in [7, 11) is 1.98. The second kappa shape index (κ2) is 5.83. The van der Waals surface area contributed by atoms with E-state index < -0.39 is 0 Å². The Hall–Kier alpha value is -0.770. The van der Waals surface area contributed by atoms with Gasteiger partial charge in [-0.25, -0.2) is 0 Å². The molecule has 12 heavy (non-hydrogen) atoms. The molecule has 1 unspecified atom stereocenters. The van der Waals surface area contributed by atoms with Crippen molar-refractivity contribution in [3.8, 4) is 0 Å². The van der Waals surface area contributed by atoms with Crippen molar-refractivity contribution < 1.29 is 5.21 Å². The number of oxime groups is 1. The molecule has 72 valence electrons. The second-order valence-electron chi connectivity index (χ2n) is 2.93. The third kappa shape index (κ3) is 3.09. The van der Waals surface area contributed by atoms with Crippen LogP contribution in [-0.2, 0) is 0 Å². The first-order valence-electron chi connectivity index (χ1n) is 4.35. The van der Waals surface area contributed by atoms with Crippen molar-refractivity contribution in [3.63, 3.8) is 0 Å². The Morgan fingerprint density at radius 1 is 1.58 bits per heavy atom. The summed E-state index contributed by atoms with van der Waals surface area (Å²) in [6.45, 7) is 5.10. The molecule has 4 heteroatoms. The first-order valence-corrected chi connectivity index (χ1v) is 4.35. The number of nitrogens with two attached hydrogens (primary N) is 1. The fourth-order valence-electron chi connectivity index (χ4n) is 1.32. The Balaban J connectivity index is 4.13. The SMILES string of the molecule is CCCN(C)C(CC)C(N)=NO. The van der Waals surface area contributed by atoms with Crippen LogP contribution in [0.5, 0.6) is 0 Å². The van der Waals surface area contributed by atoms with Gasteiger partial charge in [0.1, 0.15) is 0 Å². The highest BCUT2D eigenvalue weighted by Crippen LogP contribution is 2.02. The Labute approximate surface area is 74.0 Å². The van der Waals surface area contributed by atoms with Crippen molar-refractivity contribution >= 4 is 5.84 Å². The minimum Gasteiger partial charge on any atom is -0.409 e. The quantitative estimate of drug-likeness (QED) is 0.280. The topological polar surface area (TPSA) is 61.8 Å². The monoisotopic (exact) mass is 173 g/mol. The largest absolute Gasteiger partial charge is 0.409 e. The fraction of sp³-hybridized carbons (Fsp3) is 0.875. The van der Waals surface area contributed by atoms with Crippen LogP contribution in [0.3, 0.4) is 0 Å². The molecular weight excluding hydrogens is 154 g/mol. The lowest BCUT2D eigenvalue weighted by Gasteiger charge is -2.25. The molecule has 0 aromatic heterocycles. The molecule has 0 aliphatic heterocycles. The van der Waals surface area contributed by atoms with Crippen LogP contribution >= 0.6 is 0 Å². The van der Waals surface area contributed by atoms with Gasteiger partial charge in [-0.1, -0.05) is 19.0 Å². The van der Waals surface area contributed by atoms with Gasteiger partial charge in [0.15, 0.2) is 5.84 Å². The number of amidine groups is 1. The molecule has 0 aliphatic carbocycles. The maximum Gasteiger partial charge on any atom is 0.156 e. The van der Waals surface area contributed by atoms with Crippen LogP contribution in [0.1, 0.15) is 26.7 Å². The number of hydrogen-bond acceptors (Lipinski definition) is 3. The second-order valence-corrected chi connectivity index (χ2v) is 2.93. The molecule has 0 fully saturated rings. The lowest BCUT2D eigenvalue weighted by Crippen LogP contribution is -2.42. The normalized spacial score (nSPS) is 15.2. The van der Waals surface area contributed by atoms with E-state index in [1.54, 1.807) is 0 Å². The number of hydrogen-bond donors (Lipinski definition) is 2. The first-order chi connectivity index (χ1) is 5.67. The van der Waals surface area contributed by atoms with E-state index in [2.05, 4.69) is 17.0 Å². The average Bonchev–Trinajstić information content (AvgIpc) is 2.06. The van der Waals surface area contributed by atoms with Gasteiger partial charge in [-0.2, -0.15) is 0 Å². The summed E-state index contributed by atoms with van der Waals surface area (Å²) in [5.41, 5.74) is 5.52. The van der Waals surface area contributed by atoms with Gasteiger partial charge >= 0.3 is 0 Å². The van der Waals surface area contributed by atoms with E-state index in [-0.39, 0.29) is 6.04 Å². The smallest absolute Gasteiger partial charge is 0.156 e. The van der Waals surface area contributed by atoms with Crippen molar-refractivity contribution in [2.24, 2.45) is 10.9 Å². The first kappa shape index (κ1) is 11.2. The summed E-state index contributed by atoms with van der Waals surface area (Å²) >= 11 is 0. The zero-order chi connectivity index (χ0) is 9.56. The molecule has 0 spiro atoms. The van der Waals surface area contributed by atoms with E-state index in [0.29, 0.717) is 5.84 Å². The fourth-order valence-corrected chi connectivity index (χ4v) is 1.32. The molecule has 0 aliphatic rings. The Bertz CT molecular complexity index is 147. The third-order valence-corrected chi connectivity index (χ3v) is 1.95. The van der Waals surface area contributed by atoms with Gasteiger partial charge in [0.2, 0.25) is 0 Å². The van der Waals surface area contributed by atoms with Crippen molar-refractivity contribution in [2.75, 3.05) is 13.6 Å². The van der Waals surface area contributed by atoms with Gasteiger partial charge in [0.05, 0.1) is 6.04 Å². The highest BCUT2D eigenvalue weighted by molar-refractivity contribution is 5.85. The summed E-state index contributed by atoms with van der Waals surface area (Å²) < 4.78 is 0. The van der Waals surface area contributed by atoms with Crippen LogP contribution in [-0.4, -0.2) is 35.6 Å². The molecule has 0 saturated heterocycles. The van der Waals surface area contributed by atoms with Crippen LogP contribution in [0.4, 0.5) is 0 Å². The molecule has 1 atom stereocenters. The molecule has 0 heterocycles. The molecule has 0 amide bonds. The minimum absolute atomic E-state index is 0.0648. The van der Waals surface area contributed by atoms with Gasteiger partial charge in [-0.15, -0.1) is 0 Å². The van der Waals surface area contributed by atoms with Crippen molar-refractivity contribution in [1.82, 2.24) is 4.90 Å². The highest BCUT2D eigenvalue weighted by atomic mass is 16.4. The summed E-state index contributed by atoms with van der Waals surface area (Å²) in [6.07, 6.45) is 1.94. The molecule has 4 nitrogen and oxygen atoms in total. The standard InChI is InChI=1S/C8H19N3O/c1-4-6-11(3)7(5-2)8(9)10-12/h7,12H,4-6H2,1-3H3,(H2,9,10). The summed E-state index contributed by atoms with van der Waals surface area (Å²) in [5, 5.41) is 11.5. The van der Waals surface area contributed by atoms with Crippen LogP contribution in [0, 0.1) is 0 Å². The minimum atomic E-state index is 0.0648. The predicted octanol–water partition coefficient (Wildman–Crippen LogP) is 0.853. The van der Waals surface area contributed by atoms with Gasteiger partial charge in [-0.05, 0) is 26.4 Å². The molecule has 0 rings (SSSR count). The van der Waals surface area contributed by atoms with E-state index in [9.17, 15) is 0 Å². The van der Waals surface area contributed by atoms with E-state index >= 15 is 0 Å². The van der Waals surface area contributed by atoms with E-state index in [1.807, 2.05) is 14.0 Å². The molecule has 3 N–H and O–H groups in total. The van der Waals surface area contributed by atoms with E-state index in [4.69, 9.17) is 10.9 Å². The molecular formula is C8H19N3O. The van der Waals surface area contributed by atoms with Gasteiger partial charge < -0.3 is 10.9 Å². The zero-order valence-corrected chi connectivity index (χ0v) is 8.12. The molecule has 0 aromatic rings. The van der Waals surface area contributed by atoms with Crippen molar-refractivity contribution in [1.29, 1.82) is 0 Å². The Morgan fingerprint density at radius 3 is 2.50 bits per heavy atom. The molecule has 0 saturated carbocycles. The Kier molecular flexibility index (Phi) is 5.45. The molecule has 0 bridgehead atoms. The molecule has 0 aromatic carbocycles. The van der Waals surface area contributed by atoms with Gasteiger partial charge in [0, 0.05) is 0 Å². The number of likely N-dealkylation sites (N-methyl/N-ethyl adjacent to an activating group) is 1. The lowest BCUT2D eigenvalue weighted by atomic mass is 10.2. The van der Waals surface area contributed by atoms with Crippen LogP contribution in [0.15, 0.2) is 5.16 Å². The predicted molar refractivity (Wildman–Crippen MR) is 50.4 cm³/mol. The maximum absolute atomic E-state index is 8.49. The van der Waals surface area contributed by atoms with E-state index in [1.165, 1.54) is 0 Å². The molecule has 0 radical (unpaired) electrons. The van der Waals surface area contributed by atoms with Crippen molar-refractivity contribution in [2.45, 2.75) is 32.7 Å². The summed E-state index contributed by atoms with van der Waals surface area (Å²) in [4.78, 5) is 2.09. The van der Waals surface area contributed by atoms with Crippen LogP contribution in [0.25, 0.3) is 0 Å². The summed E-state index contributed by atoms with van der Waals surface area (Å²) in [5.74, 6) is 0.299. The van der Waals surface area contributed by atoms with Crippen molar-refractivity contribution in [3.05, 3.63) is 0 Å². The third-order valence-electron chi connectivity index (χ3n) is 1.95. The number of rotatable bonds is 5. The maximum atomic E-state index is 8.49. The zero-order valence-electron chi connectivity index (χ0n) is 8.12.